The van der Waals surface area contributed by atoms with Crippen LogP contribution in [0, 0.1) is 13.3 Å². The van der Waals surface area contributed by atoms with Gasteiger partial charge in [0, 0.05) is 11.2 Å². The van der Waals surface area contributed by atoms with Crippen molar-refractivity contribution in [2.45, 2.75) is 68.7 Å². The third kappa shape index (κ3) is 7.63. The first kappa shape index (κ1) is 30.9. The molecule has 6 nitrogen and oxygen atoms in total. The number of alkyl halides is 3. The van der Waals surface area contributed by atoms with Crippen molar-refractivity contribution in [3.8, 4) is 0 Å². The highest BCUT2D eigenvalue weighted by Gasteiger charge is 2.41. The number of halogens is 3. The third-order valence-corrected chi connectivity index (χ3v) is 8.29. The van der Waals surface area contributed by atoms with Crippen molar-refractivity contribution in [1.82, 2.24) is 16.0 Å². The number of urea groups is 2. The molecule has 9 heteroatoms. The summed E-state index contributed by atoms with van der Waals surface area (Å²) in [4.78, 5) is 26.8. The summed E-state index contributed by atoms with van der Waals surface area (Å²) in [7, 11) is 0. The van der Waals surface area contributed by atoms with Crippen molar-refractivity contribution in [2.24, 2.45) is 5.92 Å². The number of hydrogen-bond donors (Lipinski definition) is 4. The Balaban J connectivity index is 0.00000405. The van der Waals surface area contributed by atoms with Crippen LogP contribution in [-0.2, 0) is 6.18 Å². The van der Waals surface area contributed by atoms with Crippen molar-refractivity contribution < 1.29 is 22.8 Å². The Morgan fingerprint density at radius 2 is 1.24 bits per heavy atom. The second-order valence-corrected chi connectivity index (χ2v) is 11.2. The van der Waals surface area contributed by atoms with Gasteiger partial charge >= 0.3 is 18.2 Å². The van der Waals surface area contributed by atoms with Gasteiger partial charge in [0.05, 0.1) is 17.6 Å². The van der Waals surface area contributed by atoms with Crippen LogP contribution in [-0.4, -0.2) is 17.6 Å². The maximum absolute atomic E-state index is 13.6. The molecule has 3 aromatic carbocycles. The molecule has 0 heterocycles. The fraction of sp³-hybridized carbons (Fsp3) is 0.364. The Hall–Kier alpha value is -4.01. The van der Waals surface area contributed by atoms with Crippen molar-refractivity contribution in [3.63, 3.8) is 0 Å². The summed E-state index contributed by atoms with van der Waals surface area (Å²) in [6.07, 6.45) is 3.08. The highest BCUT2D eigenvalue weighted by molar-refractivity contribution is 5.89. The van der Waals surface area contributed by atoms with Gasteiger partial charge in [-0.1, -0.05) is 93.8 Å². The zero-order valence-corrected chi connectivity index (χ0v) is 23.4. The van der Waals surface area contributed by atoms with Crippen LogP contribution < -0.4 is 21.3 Å². The van der Waals surface area contributed by atoms with Crippen LogP contribution in [0.5, 0.6) is 0 Å². The molecule has 2 atom stereocenters. The summed E-state index contributed by atoms with van der Waals surface area (Å²) in [6, 6.07) is 20.8. The summed E-state index contributed by atoms with van der Waals surface area (Å²) >= 11 is 0. The van der Waals surface area contributed by atoms with E-state index in [1.54, 1.807) is 0 Å². The average Bonchev–Trinajstić information content (AvgIpc) is 2.95. The van der Waals surface area contributed by atoms with Gasteiger partial charge in [-0.2, -0.15) is 13.2 Å². The lowest BCUT2D eigenvalue weighted by Crippen LogP contribution is -2.57. The number of carbonyl (C=O) groups is 2. The molecule has 3 aromatic rings. The molecule has 2 radical (unpaired) electrons. The van der Waals surface area contributed by atoms with E-state index in [0.29, 0.717) is 5.92 Å². The molecule has 0 aromatic heterocycles. The predicted octanol–water partition coefficient (Wildman–Crippen LogP) is 8.05. The first-order valence-corrected chi connectivity index (χ1v) is 14.1. The van der Waals surface area contributed by atoms with Gasteiger partial charge in [0.2, 0.25) is 0 Å². The lowest BCUT2D eigenvalue weighted by molar-refractivity contribution is -0.137. The lowest BCUT2D eigenvalue weighted by Gasteiger charge is -2.46. The number of hydrogen-bond acceptors (Lipinski definition) is 2. The highest BCUT2D eigenvalue weighted by Crippen LogP contribution is 2.43. The summed E-state index contributed by atoms with van der Waals surface area (Å²) in [6.45, 7) is 0. The minimum absolute atomic E-state index is 0. The van der Waals surface area contributed by atoms with Crippen LogP contribution in [0.25, 0.3) is 0 Å². The number of fused-ring (bicyclic) bond motifs is 2. The average molecular weight is 579 g/mol. The molecule has 2 aliphatic rings. The summed E-state index contributed by atoms with van der Waals surface area (Å²) in [5.41, 5.74) is 0.772. The van der Waals surface area contributed by atoms with Gasteiger partial charge in [0.1, 0.15) is 0 Å². The van der Waals surface area contributed by atoms with Crippen molar-refractivity contribution >= 4 is 17.7 Å². The van der Waals surface area contributed by atoms with Gasteiger partial charge in [0.15, 0.2) is 0 Å². The Labute approximate surface area is 245 Å². The van der Waals surface area contributed by atoms with Crippen LogP contribution >= 0.6 is 0 Å². The van der Waals surface area contributed by atoms with Crippen molar-refractivity contribution in [3.05, 3.63) is 109 Å². The second-order valence-electron chi connectivity index (χ2n) is 11.2. The van der Waals surface area contributed by atoms with Crippen LogP contribution in [0.1, 0.15) is 73.7 Å². The number of amides is 4. The van der Waals surface area contributed by atoms with Gasteiger partial charge in [-0.15, -0.1) is 0 Å². The standard InChI is InChI=1S/C32H35F3N4O2.CH2/c33-32(34,35)25-15-17-26(18-16-25)36-29(40)37-27(23-11-3-1-4-12-23)28(24-13-5-2-6-14-24)38-30(41)39-31-19-7-9-22(21-31)10-8-20-31;/h1-6,11-18,22,27-28H,7-10,19-21H2,(H2,36,37,40)(H2,38,39,41);1H2. The van der Waals surface area contributed by atoms with E-state index in [9.17, 15) is 22.8 Å². The SMILES string of the molecule is O=C(Nc1ccc(C(F)(F)F)cc1)NC(c1ccccc1)C(NC(=O)NC12CCCC(CCC1)C2)c1ccccc1.[CH2]. The molecule has 4 N–H and O–H groups in total. The molecule has 2 saturated carbocycles. The maximum Gasteiger partial charge on any atom is 0.416 e. The van der Waals surface area contributed by atoms with E-state index in [1.165, 1.54) is 25.0 Å². The minimum Gasteiger partial charge on any atom is -0.333 e. The molecule has 4 amide bonds. The fourth-order valence-corrected chi connectivity index (χ4v) is 6.37. The zero-order valence-electron chi connectivity index (χ0n) is 23.4. The quantitative estimate of drug-likeness (QED) is 0.229. The fourth-order valence-electron chi connectivity index (χ4n) is 6.37. The molecule has 222 valence electrons. The van der Waals surface area contributed by atoms with Gasteiger partial charge in [-0.25, -0.2) is 9.59 Å². The normalized spacial score (nSPS) is 21.2. The van der Waals surface area contributed by atoms with Crippen LogP contribution in [0.15, 0.2) is 84.9 Å². The number of carbonyl (C=O) groups excluding carboxylic acids is 2. The maximum atomic E-state index is 13.6. The molecule has 0 aliphatic heterocycles. The lowest BCUT2D eigenvalue weighted by atomic mass is 9.67. The van der Waals surface area contributed by atoms with Gasteiger partial charge in [-0.3, -0.25) is 0 Å². The topological polar surface area (TPSA) is 82.3 Å². The smallest absolute Gasteiger partial charge is 0.333 e. The number of anilines is 1. The van der Waals surface area contributed by atoms with E-state index < -0.39 is 29.9 Å². The minimum atomic E-state index is -4.47. The molecular weight excluding hydrogens is 541 g/mol. The van der Waals surface area contributed by atoms with Crippen LogP contribution in [0.4, 0.5) is 28.4 Å². The molecule has 5 rings (SSSR count). The van der Waals surface area contributed by atoms with Crippen molar-refractivity contribution in [1.29, 1.82) is 0 Å². The number of nitrogens with one attached hydrogen (secondary N) is 4. The molecule has 2 bridgehead atoms. The summed E-state index contributed by atoms with van der Waals surface area (Å²) in [5, 5.41) is 12.1. The third-order valence-electron chi connectivity index (χ3n) is 8.29. The molecule has 0 saturated heterocycles. The van der Waals surface area contributed by atoms with E-state index in [4.69, 9.17) is 0 Å². The van der Waals surface area contributed by atoms with E-state index >= 15 is 0 Å². The largest absolute Gasteiger partial charge is 0.416 e. The molecular formula is C33H37F3N4O2. The Morgan fingerprint density at radius 1 is 0.738 bits per heavy atom. The molecule has 2 unspecified atom stereocenters. The Kier molecular flexibility index (Phi) is 9.81. The van der Waals surface area contributed by atoms with E-state index in [-0.39, 0.29) is 24.7 Å². The second kappa shape index (κ2) is 13.3. The van der Waals surface area contributed by atoms with Gasteiger partial charge < -0.3 is 21.3 Å². The Morgan fingerprint density at radius 3 is 1.74 bits per heavy atom. The van der Waals surface area contributed by atoms with E-state index in [1.807, 2.05) is 60.7 Å². The van der Waals surface area contributed by atoms with E-state index in [2.05, 4.69) is 21.3 Å². The van der Waals surface area contributed by atoms with Gasteiger partial charge in [0.25, 0.3) is 0 Å². The monoisotopic (exact) mass is 578 g/mol. The highest BCUT2D eigenvalue weighted by atomic mass is 19.4. The summed E-state index contributed by atoms with van der Waals surface area (Å²) < 4.78 is 38.9. The molecule has 42 heavy (non-hydrogen) atoms. The van der Waals surface area contributed by atoms with Crippen LogP contribution in [0.3, 0.4) is 0 Å². The summed E-state index contributed by atoms with van der Waals surface area (Å²) in [5.74, 6) is 0.648. The molecule has 2 aliphatic carbocycles. The Bertz CT molecular complexity index is 1310. The molecule has 0 spiro atoms. The van der Waals surface area contributed by atoms with Crippen LogP contribution in [0.2, 0.25) is 0 Å². The predicted molar refractivity (Wildman–Crippen MR) is 158 cm³/mol. The van der Waals surface area contributed by atoms with E-state index in [0.717, 1.165) is 55.4 Å². The number of rotatable bonds is 7. The molecule has 2 fully saturated rings. The zero-order chi connectivity index (χ0) is 28.9. The first-order valence-electron chi connectivity index (χ1n) is 14.1. The first-order chi connectivity index (χ1) is 19.7. The van der Waals surface area contributed by atoms with Crippen molar-refractivity contribution in [2.75, 3.05) is 5.32 Å². The van der Waals surface area contributed by atoms with Gasteiger partial charge in [-0.05, 0) is 60.6 Å². The number of benzene rings is 3.